The maximum atomic E-state index is 9.69. The van der Waals surface area contributed by atoms with E-state index in [1.807, 2.05) is 0 Å². The average Bonchev–Trinajstić information content (AvgIpc) is 0.722. The van der Waals surface area contributed by atoms with Crippen LogP contribution in [0.25, 0.3) is 0 Å². The molecule has 0 aromatic rings. The molecule has 0 rings (SSSR count). The largest absolute Gasteiger partial charge is 0.559 e. The van der Waals surface area contributed by atoms with Crippen LogP contribution in [0.15, 0.2) is 0 Å². The molecule has 0 aliphatic carbocycles. The van der Waals surface area contributed by atoms with Crippen LogP contribution in [0.2, 0.25) is 0 Å². The molecule has 0 saturated heterocycles. The van der Waals surface area contributed by atoms with Crippen molar-refractivity contribution in [2.24, 2.45) is 0 Å². The van der Waals surface area contributed by atoms with Crippen LogP contribution in [0, 0.1) is 0 Å². The molecule has 0 saturated carbocycles. The fourth-order valence-electron chi connectivity index (χ4n) is 0. The molecule has 0 aliphatic rings. The van der Waals surface area contributed by atoms with Gasteiger partial charge in [0.05, 0.1) is 0 Å². The SMILES string of the molecule is C.FC(F)(F)F. The fourth-order valence-corrected chi connectivity index (χ4v) is 0. The second-order valence-electron chi connectivity index (χ2n) is 0.429. The zero-order valence-electron chi connectivity index (χ0n) is 2.01. The van der Waals surface area contributed by atoms with E-state index in [1.165, 1.54) is 0 Å². The molecule has 4 heteroatoms. The Balaban J connectivity index is 0. The molecular weight excluding hydrogens is 100 g/mol. The van der Waals surface area contributed by atoms with Crippen molar-refractivity contribution in [1.82, 2.24) is 0 Å². The van der Waals surface area contributed by atoms with Gasteiger partial charge in [-0.1, -0.05) is 7.43 Å². The minimum absolute atomic E-state index is 0. The molecule has 0 amide bonds. The van der Waals surface area contributed by atoms with Gasteiger partial charge < -0.3 is 0 Å². The Kier molecular flexibility index (Phi) is 3.06. The summed E-state index contributed by atoms with van der Waals surface area (Å²) >= 11 is 0. The van der Waals surface area contributed by atoms with Crippen LogP contribution in [0.1, 0.15) is 7.43 Å². The fraction of sp³-hybridized carbons (Fsp3) is 1.00. The highest BCUT2D eigenvalue weighted by atomic mass is 19.5. The number of rotatable bonds is 0. The van der Waals surface area contributed by atoms with Gasteiger partial charge >= 0.3 is 6.43 Å². The number of hydrogen-bond donors (Lipinski definition) is 0. The lowest BCUT2D eigenvalue weighted by molar-refractivity contribution is -0.237. The van der Waals surface area contributed by atoms with Gasteiger partial charge in [-0.3, -0.25) is 0 Å². The predicted molar refractivity (Wildman–Crippen MR) is 13.9 cm³/mol. The van der Waals surface area contributed by atoms with Crippen LogP contribution in [0.4, 0.5) is 17.6 Å². The molecule has 0 bridgehead atoms. The van der Waals surface area contributed by atoms with Gasteiger partial charge in [0.2, 0.25) is 0 Å². The number of alkyl halides is 4. The first-order valence-corrected chi connectivity index (χ1v) is 0.756. The Bertz CT molecular complexity index is 21.0. The second kappa shape index (κ2) is 2.00. The lowest BCUT2D eigenvalue weighted by atomic mass is 11.5. The number of halogens is 4. The summed E-state index contributed by atoms with van der Waals surface area (Å²) in [7, 11) is 0. The zero-order valence-corrected chi connectivity index (χ0v) is 2.01. The van der Waals surface area contributed by atoms with Crippen molar-refractivity contribution in [2.45, 2.75) is 13.9 Å². The molecule has 0 spiro atoms. The van der Waals surface area contributed by atoms with E-state index in [4.69, 9.17) is 0 Å². The topological polar surface area (TPSA) is 0 Å². The highest BCUT2D eigenvalue weighted by Crippen LogP contribution is 2.13. The van der Waals surface area contributed by atoms with Crippen LogP contribution < -0.4 is 0 Å². The quantitative estimate of drug-likeness (QED) is 0.413. The van der Waals surface area contributed by atoms with Gasteiger partial charge in [0.1, 0.15) is 0 Å². The Hall–Kier alpha value is -0.280. The summed E-state index contributed by atoms with van der Waals surface area (Å²) in [5.74, 6) is 0. The Morgan fingerprint density at radius 3 is 0.833 bits per heavy atom. The first-order valence-electron chi connectivity index (χ1n) is 0.756. The van der Waals surface area contributed by atoms with E-state index in [0.717, 1.165) is 0 Å². The minimum Gasteiger partial charge on any atom is -0.140 e. The second-order valence-corrected chi connectivity index (χ2v) is 0.429. The smallest absolute Gasteiger partial charge is 0.140 e. The van der Waals surface area contributed by atoms with E-state index in [-0.39, 0.29) is 7.43 Å². The van der Waals surface area contributed by atoms with E-state index in [9.17, 15) is 17.6 Å². The van der Waals surface area contributed by atoms with E-state index in [1.54, 1.807) is 0 Å². The summed E-state index contributed by atoms with van der Waals surface area (Å²) in [5, 5.41) is 0. The van der Waals surface area contributed by atoms with Crippen LogP contribution in [-0.2, 0) is 0 Å². The molecule has 0 aromatic heterocycles. The lowest BCUT2D eigenvalue weighted by Crippen LogP contribution is -1.92. The zero-order chi connectivity index (χ0) is 4.50. The van der Waals surface area contributed by atoms with Crippen molar-refractivity contribution < 1.29 is 17.6 Å². The average molecular weight is 104 g/mol. The van der Waals surface area contributed by atoms with E-state index in [0.29, 0.717) is 0 Å². The van der Waals surface area contributed by atoms with E-state index >= 15 is 0 Å². The molecule has 0 aliphatic heterocycles. The van der Waals surface area contributed by atoms with E-state index in [2.05, 4.69) is 0 Å². The molecule has 0 fully saturated rings. The van der Waals surface area contributed by atoms with Gasteiger partial charge in [0.15, 0.2) is 0 Å². The highest BCUT2D eigenvalue weighted by molar-refractivity contribution is 4.08. The molecular formula is C2H4F4. The third-order valence-electron chi connectivity index (χ3n) is 0. The van der Waals surface area contributed by atoms with Gasteiger partial charge in [-0.2, -0.15) is 0 Å². The van der Waals surface area contributed by atoms with Crippen LogP contribution in [0.5, 0.6) is 0 Å². The third kappa shape index (κ3) is 351. The van der Waals surface area contributed by atoms with Crippen molar-refractivity contribution in [3.8, 4) is 0 Å². The number of hydrogen-bond acceptors (Lipinski definition) is 0. The Morgan fingerprint density at radius 2 is 0.833 bits per heavy atom. The monoisotopic (exact) mass is 104 g/mol. The van der Waals surface area contributed by atoms with Gasteiger partial charge in [0, 0.05) is 0 Å². The maximum absolute atomic E-state index is 9.69. The van der Waals surface area contributed by atoms with Crippen molar-refractivity contribution in [1.29, 1.82) is 0 Å². The first-order chi connectivity index (χ1) is 2.00. The molecule has 0 unspecified atom stereocenters. The summed E-state index contributed by atoms with van der Waals surface area (Å²) < 4.78 is 38.8. The Labute approximate surface area is 32.8 Å². The van der Waals surface area contributed by atoms with Crippen molar-refractivity contribution >= 4 is 0 Å². The first kappa shape index (κ1) is 9.21. The third-order valence-corrected chi connectivity index (χ3v) is 0. The standard InChI is InChI=1S/CF4.CH4/c2-1(3,4)5;/h;1H4. The summed E-state index contributed by atoms with van der Waals surface area (Å²) in [6, 6.07) is 0. The summed E-state index contributed by atoms with van der Waals surface area (Å²) in [6.07, 6.45) is -5.50. The molecule has 40 valence electrons. The minimum atomic E-state index is -5.50. The summed E-state index contributed by atoms with van der Waals surface area (Å²) in [5.41, 5.74) is 0. The molecule has 6 heavy (non-hydrogen) atoms. The highest BCUT2D eigenvalue weighted by Gasteiger charge is 2.24. The van der Waals surface area contributed by atoms with Crippen LogP contribution >= 0.6 is 0 Å². The van der Waals surface area contributed by atoms with Crippen molar-refractivity contribution in [3.63, 3.8) is 0 Å². The molecule has 0 aromatic carbocycles. The van der Waals surface area contributed by atoms with Gasteiger partial charge in [-0.15, -0.1) is 17.6 Å². The molecule has 0 nitrogen and oxygen atoms in total. The van der Waals surface area contributed by atoms with Gasteiger partial charge in [-0.05, 0) is 0 Å². The van der Waals surface area contributed by atoms with Crippen LogP contribution in [-0.4, -0.2) is 6.43 Å². The Morgan fingerprint density at radius 1 is 0.833 bits per heavy atom. The predicted octanol–water partition coefficient (Wildman–Crippen LogP) is 2.11. The van der Waals surface area contributed by atoms with Crippen molar-refractivity contribution in [2.75, 3.05) is 0 Å². The molecule has 0 heterocycles. The molecule has 0 N–H and O–H groups in total. The van der Waals surface area contributed by atoms with Gasteiger partial charge in [0.25, 0.3) is 0 Å². The molecule has 0 atom stereocenters. The summed E-state index contributed by atoms with van der Waals surface area (Å²) in [4.78, 5) is 0. The van der Waals surface area contributed by atoms with Gasteiger partial charge in [-0.25, -0.2) is 0 Å². The van der Waals surface area contributed by atoms with Crippen molar-refractivity contribution in [3.05, 3.63) is 0 Å². The normalized spacial score (nSPS) is 10.0. The van der Waals surface area contributed by atoms with E-state index < -0.39 is 6.43 Å². The molecule has 0 radical (unpaired) electrons. The maximum Gasteiger partial charge on any atom is 0.559 e. The lowest BCUT2D eigenvalue weighted by Gasteiger charge is -1.82. The summed E-state index contributed by atoms with van der Waals surface area (Å²) in [6.45, 7) is 0. The van der Waals surface area contributed by atoms with Crippen LogP contribution in [0.3, 0.4) is 0 Å².